The Bertz CT molecular complexity index is 895. The molecule has 0 saturated carbocycles. The van der Waals surface area contributed by atoms with E-state index < -0.39 is 23.8 Å². The van der Waals surface area contributed by atoms with Crippen molar-refractivity contribution in [2.75, 3.05) is 5.75 Å². The maximum atomic E-state index is 14.0. The number of rotatable bonds is 11. The van der Waals surface area contributed by atoms with Crippen LogP contribution in [0.4, 0.5) is 4.79 Å². The molecule has 3 amide bonds. The predicted molar refractivity (Wildman–Crippen MR) is 149 cm³/mol. The van der Waals surface area contributed by atoms with Gasteiger partial charge in [-0.1, -0.05) is 32.0 Å². The Morgan fingerprint density at radius 2 is 1.58 bits per heavy atom. The Balaban J connectivity index is 3.56. The van der Waals surface area contributed by atoms with Crippen LogP contribution < -0.4 is 10.6 Å². The molecule has 7 nitrogen and oxygen atoms in total. The molecule has 0 aliphatic carbocycles. The van der Waals surface area contributed by atoms with E-state index in [-0.39, 0.29) is 29.7 Å². The van der Waals surface area contributed by atoms with Crippen LogP contribution in [0.25, 0.3) is 0 Å². The third kappa shape index (κ3) is 10.0. The van der Waals surface area contributed by atoms with E-state index in [0.717, 1.165) is 23.1 Å². The number of carbonyl (C=O) groups is 3. The standard InChI is InChI=1S/C28H47N3O4S/c1-17(2)11-13-21(7)31(26(33)23(16-36)30-27(34)35-28(8,9)10)24(25(32)29-18(3)4)22-14-12-19(5)20(6)15-22/h12,14-15,17-18,21,23-24,36H,11,13,16H2,1-10H3,(H,29,32)(H,30,34). The topological polar surface area (TPSA) is 87.7 Å². The Hall–Kier alpha value is -2.22. The molecule has 0 saturated heterocycles. The lowest BCUT2D eigenvalue weighted by molar-refractivity contribution is -0.145. The molecule has 0 fully saturated rings. The number of hydrogen-bond acceptors (Lipinski definition) is 5. The van der Waals surface area contributed by atoms with E-state index in [0.29, 0.717) is 12.3 Å². The molecule has 0 heterocycles. The number of carbonyl (C=O) groups excluding carboxylic acids is 3. The summed E-state index contributed by atoms with van der Waals surface area (Å²) in [5.74, 6) is -0.117. The van der Waals surface area contributed by atoms with Crippen LogP contribution in [0.1, 0.15) is 91.0 Å². The lowest BCUT2D eigenvalue weighted by Gasteiger charge is -2.39. The minimum Gasteiger partial charge on any atom is -0.444 e. The summed E-state index contributed by atoms with van der Waals surface area (Å²) in [7, 11) is 0. The quantitative estimate of drug-likeness (QED) is 0.343. The lowest BCUT2D eigenvalue weighted by atomic mass is 9.95. The number of amides is 3. The number of benzene rings is 1. The number of hydrogen-bond donors (Lipinski definition) is 3. The first-order chi connectivity index (χ1) is 16.6. The summed E-state index contributed by atoms with van der Waals surface area (Å²) in [6, 6.07) is 3.67. The minimum absolute atomic E-state index is 0.0664. The monoisotopic (exact) mass is 521 g/mol. The Kier molecular flexibility index (Phi) is 12.3. The fraction of sp³-hybridized carbons (Fsp3) is 0.679. The number of ether oxygens (including phenoxy) is 1. The molecular weight excluding hydrogens is 474 g/mol. The second kappa shape index (κ2) is 13.9. The summed E-state index contributed by atoms with van der Waals surface area (Å²) in [4.78, 5) is 41.8. The highest BCUT2D eigenvalue weighted by Crippen LogP contribution is 2.29. The molecule has 0 radical (unpaired) electrons. The fourth-order valence-electron chi connectivity index (χ4n) is 3.86. The van der Waals surface area contributed by atoms with E-state index in [1.807, 2.05) is 52.8 Å². The summed E-state index contributed by atoms with van der Waals surface area (Å²) in [6.07, 6.45) is 0.909. The average Bonchev–Trinajstić information content (AvgIpc) is 2.73. The minimum atomic E-state index is -0.953. The second-order valence-corrected chi connectivity index (χ2v) is 11.7. The molecule has 3 unspecified atom stereocenters. The van der Waals surface area contributed by atoms with Gasteiger partial charge in [0.05, 0.1) is 0 Å². The first-order valence-corrected chi connectivity index (χ1v) is 13.5. The first kappa shape index (κ1) is 31.8. The van der Waals surface area contributed by atoms with Crippen molar-refractivity contribution in [3.8, 4) is 0 Å². The number of aryl methyl sites for hydroxylation is 2. The van der Waals surface area contributed by atoms with Crippen LogP contribution in [0.3, 0.4) is 0 Å². The largest absolute Gasteiger partial charge is 0.444 e. The van der Waals surface area contributed by atoms with E-state index in [1.165, 1.54) is 0 Å². The van der Waals surface area contributed by atoms with E-state index in [4.69, 9.17) is 4.74 Å². The molecule has 0 spiro atoms. The first-order valence-electron chi connectivity index (χ1n) is 12.9. The summed E-state index contributed by atoms with van der Waals surface area (Å²) in [5, 5.41) is 5.66. The van der Waals surface area contributed by atoms with Crippen LogP contribution in [0.15, 0.2) is 18.2 Å². The van der Waals surface area contributed by atoms with E-state index in [9.17, 15) is 14.4 Å². The van der Waals surface area contributed by atoms with E-state index >= 15 is 0 Å². The zero-order valence-corrected chi connectivity index (χ0v) is 24.7. The molecule has 36 heavy (non-hydrogen) atoms. The molecule has 1 aromatic rings. The zero-order valence-electron chi connectivity index (χ0n) is 23.8. The fourth-order valence-corrected chi connectivity index (χ4v) is 4.11. The van der Waals surface area contributed by atoms with Gasteiger partial charge in [-0.25, -0.2) is 4.79 Å². The van der Waals surface area contributed by atoms with Crippen LogP contribution in [-0.2, 0) is 14.3 Å². The van der Waals surface area contributed by atoms with Gasteiger partial charge in [-0.05, 0) is 90.8 Å². The van der Waals surface area contributed by atoms with Crippen LogP contribution in [0.5, 0.6) is 0 Å². The maximum Gasteiger partial charge on any atom is 0.408 e. The van der Waals surface area contributed by atoms with Gasteiger partial charge >= 0.3 is 6.09 Å². The normalized spacial score (nSPS) is 14.2. The second-order valence-electron chi connectivity index (χ2n) is 11.4. The molecule has 1 rings (SSSR count). The number of alkyl carbamates (subject to hydrolysis) is 1. The molecule has 1 aromatic carbocycles. The maximum absolute atomic E-state index is 14.0. The molecule has 3 atom stereocenters. The van der Waals surface area contributed by atoms with Gasteiger partial charge in [0.2, 0.25) is 11.8 Å². The van der Waals surface area contributed by atoms with Crippen molar-refractivity contribution < 1.29 is 19.1 Å². The van der Waals surface area contributed by atoms with Gasteiger partial charge in [-0.2, -0.15) is 12.6 Å². The summed E-state index contributed by atoms with van der Waals surface area (Å²) in [6.45, 7) is 19.3. The Labute approximate surface area is 223 Å². The molecule has 2 N–H and O–H groups in total. The van der Waals surface area contributed by atoms with Crippen molar-refractivity contribution in [2.45, 2.75) is 112 Å². The summed E-state index contributed by atoms with van der Waals surface area (Å²) in [5.41, 5.74) is 2.16. The predicted octanol–water partition coefficient (Wildman–Crippen LogP) is 5.35. The Morgan fingerprint density at radius 3 is 2.06 bits per heavy atom. The van der Waals surface area contributed by atoms with Crippen LogP contribution >= 0.6 is 12.6 Å². The van der Waals surface area contributed by atoms with Crippen LogP contribution in [0.2, 0.25) is 0 Å². The highest BCUT2D eigenvalue weighted by atomic mass is 32.1. The van der Waals surface area contributed by atoms with Gasteiger partial charge in [-0.15, -0.1) is 0 Å². The van der Waals surface area contributed by atoms with Gasteiger partial charge in [0.15, 0.2) is 0 Å². The number of nitrogens with zero attached hydrogens (tertiary/aromatic N) is 1. The van der Waals surface area contributed by atoms with Crippen molar-refractivity contribution in [3.63, 3.8) is 0 Å². The highest BCUT2D eigenvalue weighted by Gasteiger charge is 2.38. The van der Waals surface area contributed by atoms with Gasteiger partial charge < -0.3 is 20.3 Å². The smallest absolute Gasteiger partial charge is 0.408 e. The molecule has 8 heteroatoms. The van der Waals surface area contributed by atoms with E-state index in [1.54, 1.807) is 25.7 Å². The molecule has 0 aromatic heterocycles. The SMILES string of the molecule is Cc1ccc(C(C(=O)NC(C)C)N(C(=O)C(CS)NC(=O)OC(C)(C)C)C(C)CCC(C)C)cc1C. The molecule has 0 aliphatic heterocycles. The van der Waals surface area contributed by atoms with Crippen molar-refractivity contribution in [1.82, 2.24) is 15.5 Å². The van der Waals surface area contributed by atoms with Crippen LogP contribution in [-0.4, -0.2) is 52.3 Å². The van der Waals surface area contributed by atoms with Crippen molar-refractivity contribution in [2.24, 2.45) is 5.92 Å². The third-order valence-corrected chi connectivity index (χ3v) is 6.23. The summed E-state index contributed by atoms with van der Waals surface area (Å²) < 4.78 is 5.38. The van der Waals surface area contributed by atoms with Crippen molar-refractivity contribution >= 4 is 30.5 Å². The van der Waals surface area contributed by atoms with E-state index in [2.05, 4.69) is 37.1 Å². The van der Waals surface area contributed by atoms with Crippen molar-refractivity contribution in [3.05, 3.63) is 34.9 Å². The van der Waals surface area contributed by atoms with Gasteiger partial charge in [0.25, 0.3) is 0 Å². The molecule has 204 valence electrons. The van der Waals surface area contributed by atoms with Crippen LogP contribution in [0, 0.1) is 19.8 Å². The third-order valence-electron chi connectivity index (χ3n) is 5.87. The number of thiol groups is 1. The lowest BCUT2D eigenvalue weighted by Crippen LogP contribution is -2.56. The summed E-state index contributed by atoms with van der Waals surface area (Å²) >= 11 is 4.36. The van der Waals surface area contributed by atoms with Crippen molar-refractivity contribution in [1.29, 1.82) is 0 Å². The zero-order chi connectivity index (χ0) is 27.8. The molecule has 0 bridgehead atoms. The average molecular weight is 522 g/mol. The van der Waals surface area contributed by atoms with Gasteiger partial charge in [-0.3, -0.25) is 9.59 Å². The number of nitrogens with one attached hydrogen (secondary N) is 2. The Morgan fingerprint density at radius 1 is 0.972 bits per heavy atom. The highest BCUT2D eigenvalue weighted by molar-refractivity contribution is 7.80. The molecular formula is C28H47N3O4S. The van der Waals surface area contributed by atoms with Gasteiger partial charge in [0.1, 0.15) is 17.7 Å². The van der Waals surface area contributed by atoms with Gasteiger partial charge in [0, 0.05) is 17.8 Å². The molecule has 0 aliphatic rings.